The lowest BCUT2D eigenvalue weighted by Crippen LogP contribution is -1.91. The Kier molecular flexibility index (Phi) is 3.97. The van der Waals surface area contributed by atoms with Crippen LogP contribution in [0.4, 0.5) is 0 Å². The van der Waals surface area contributed by atoms with Gasteiger partial charge in [-0.25, -0.2) is 0 Å². The van der Waals surface area contributed by atoms with E-state index in [-0.39, 0.29) is 5.75 Å². The number of hydrogen-bond acceptors (Lipinski definition) is 2. The fourth-order valence-corrected chi connectivity index (χ4v) is 2.41. The molecular formula is C19H17NO. The summed E-state index contributed by atoms with van der Waals surface area (Å²) in [6.07, 6.45) is 2.68. The minimum Gasteiger partial charge on any atom is -0.507 e. The minimum absolute atomic E-state index is 0.275. The first-order valence-corrected chi connectivity index (χ1v) is 7.09. The highest BCUT2D eigenvalue weighted by molar-refractivity contribution is 6.02. The number of hydrogen-bond donors (Lipinski definition) is 1. The van der Waals surface area contributed by atoms with Crippen LogP contribution >= 0.6 is 0 Å². The number of aliphatic imine (C=N–C) groups is 1. The van der Waals surface area contributed by atoms with Crippen molar-refractivity contribution < 1.29 is 5.11 Å². The maximum atomic E-state index is 10.0. The molecule has 3 rings (SSSR count). The summed E-state index contributed by atoms with van der Waals surface area (Å²) >= 11 is 0. The van der Waals surface area contributed by atoms with Crippen LogP contribution in [0.5, 0.6) is 5.75 Å². The van der Waals surface area contributed by atoms with Crippen LogP contribution in [0.25, 0.3) is 10.8 Å². The maximum absolute atomic E-state index is 10.0. The maximum Gasteiger partial charge on any atom is 0.124 e. The van der Waals surface area contributed by atoms with Gasteiger partial charge >= 0.3 is 0 Å². The van der Waals surface area contributed by atoms with E-state index in [1.807, 2.05) is 48.5 Å². The van der Waals surface area contributed by atoms with Crippen LogP contribution in [-0.2, 0) is 6.42 Å². The lowest BCUT2D eigenvalue weighted by molar-refractivity contribution is 0.475. The molecule has 1 N–H and O–H groups in total. The summed E-state index contributed by atoms with van der Waals surface area (Å²) in [7, 11) is 0. The molecule has 0 spiro atoms. The summed E-state index contributed by atoms with van der Waals surface area (Å²) < 4.78 is 0. The van der Waals surface area contributed by atoms with Crippen molar-refractivity contribution in [2.75, 3.05) is 6.54 Å². The van der Waals surface area contributed by atoms with Crippen molar-refractivity contribution in [1.29, 1.82) is 0 Å². The Morgan fingerprint density at radius 1 is 0.857 bits per heavy atom. The van der Waals surface area contributed by atoms with Crippen LogP contribution in [-0.4, -0.2) is 17.9 Å². The molecule has 2 nitrogen and oxygen atoms in total. The monoisotopic (exact) mass is 275 g/mol. The molecule has 0 aromatic heterocycles. The van der Waals surface area contributed by atoms with E-state index in [9.17, 15) is 5.11 Å². The third kappa shape index (κ3) is 3.11. The standard InChI is InChI=1S/C19H17NO/c21-19-11-10-16-8-4-5-9-17(16)18(19)14-20-13-12-15-6-2-1-3-7-15/h1-11,14,21H,12-13H2. The molecule has 3 aromatic rings. The van der Waals surface area contributed by atoms with Gasteiger partial charge in [-0.3, -0.25) is 4.99 Å². The molecule has 0 heterocycles. The Morgan fingerprint density at radius 3 is 2.48 bits per heavy atom. The van der Waals surface area contributed by atoms with Crippen molar-refractivity contribution in [3.63, 3.8) is 0 Å². The smallest absolute Gasteiger partial charge is 0.124 e. The largest absolute Gasteiger partial charge is 0.507 e. The summed E-state index contributed by atoms with van der Waals surface area (Å²) in [4.78, 5) is 4.46. The highest BCUT2D eigenvalue weighted by Crippen LogP contribution is 2.25. The first-order valence-electron chi connectivity index (χ1n) is 7.09. The van der Waals surface area contributed by atoms with Crippen molar-refractivity contribution in [2.45, 2.75) is 6.42 Å². The van der Waals surface area contributed by atoms with Gasteiger partial charge in [0.05, 0.1) is 0 Å². The molecule has 0 fully saturated rings. The Bertz CT molecular complexity index is 763. The molecule has 0 unspecified atom stereocenters. The van der Waals surface area contributed by atoms with Gasteiger partial charge in [0.2, 0.25) is 0 Å². The average molecular weight is 275 g/mol. The number of benzene rings is 3. The van der Waals surface area contributed by atoms with Crippen molar-refractivity contribution in [2.24, 2.45) is 4.99 Å². The second-order valence-electron chi connectivity index (χ2n) is 4.99. The molecule has 21 heavy (non-hydrogen) atoms. The Hall–Kier alpha value is -2.61. The number of rotatable bonds is 4. The molecule has 0 atom stereocenters. The fraction of sp³-hybridized carbons (Fsp3) is 0.105. The van der Waals surface area contributed by atoms with E-state index in [4.69, 9.17) is 0 Å². The second-order valence-corrected chi connectivity index (χ2v) is 4.99. The SMILES string of the molecule is Oc1ccc2ccccc2c1C=NCCc1ccccc1. The van der Waals surface area contributed by atoms with Crippen LogP contribution in [0.1, 0.15) is 11.1 Å². The van der Waals surface area contributed by atoms with Crippen LogP contribution in [0.3, 0.4) is 0 Å². The van der Waals surface area contributed by atoms with Gasteiger partial charge in [0.25, 0.3) is 0 Å². The average Bonchev–Trinajstić information content (AvgIpc) is 2.54. The molecule has 0 bridgehead atoms. The summed E-state index contributed by atoms with van der Waals surface area (Å²) in [5.41, 5.74) is 2.07. The topological polar surface area (TPSA) is 32.6 Å². The van der Waals surface area contributed by atoms with Gasteiger partial charge in [0.15, 0.2) is 0 Å². The zero-order chi connectivity index (χ0) is 14.5. The van der Waals surface area contributed by atoms with Crippen LogP contribution in [0, 0.1) is 0 Å². The third-order valence-electron chi connectivity index (χ3n) is 3.54. The zero-order valence-electron chi connectivity index (χ0n) is 11.7. The number of fused-ring (bicyclic) bond motifs is 1. The molecule has 0 aliphatic rings. The van der Waals surface area contributed by atoms with Crippen LogP contribution < -0.4 is 0 Å². The lowest BCUT2D eigenvalue weighted by atomic mass is 10.0. The number of phenols is 1. The molecule has 2 heteroatoms. The van der Waals surface area contributed by atoms with E-state index in [1.54, 1.807) is 12.3 Å². The molecule has 0 radical (unpaired) electrons. The number of nitrogens with zero attached hydrogens (tertiary/aromatic N) is 1. The van der Waals surface area contributed by atoms with Crippen LogP contribution in [0.2, 0.25) is 0 Å². The summed E-state index contributed by atoms with van der Waals surface area (Å²) in [5.74, 6) is 0.275. The van der Waals surface area contributed by atoms with E-state index in [2.05, 4.69) is 17.1 Å². The minimum atomic E-state index is 0.275. The summed E-state index contributed by atoms with van der Waals surface area (Å²) in [6.45, 7) is 0.715. The third-order valence-corrected chi connectivity index (χ3v) is 3.54. The van der Waals surface area contributed by atoms with Gasteiger partial charge in [-0.15, -0.1) is 0 Å². The highest BCUT2D eigenvalue weighted by atomic mass is 16.3. The van der Waals surface area contributed by atoms with Gasteiger partial charge in [0, 0.05) is 18.3 Å². The Labute approximate surface area is 124 Å². The van der Waals surface area contributed by atoms with E-state index in [0.29, 0.717) is 6.54 Å². The van der Waals surface area contributed by atoms with Crippen molar-refractivity contribution >= 4 is 17.0 Å². The molecule has 0 aliphatic heterocycles. The Balaban J connectivity index is 1.78. The quantitative estimate of drug-likeness (QED) is 0.711. The van der Waals surface area contributed by atoms with Crippen molar-refractivity contribution in [3.8, 4) is 5.75 Å². The van der Waals surface area contributed by atoms with E-state index >= 15 is 0 Å². The fourth-order valence-electron chi connectivity index (χ4n) is 2.41. The molecule has 104 valence electrons. The second kappa shape index (κ2) is 6.23. The molecule has 0 aliphatic carbocycles. The number of phenolic OH excluding ortho intramolecular Hbond substituents is 1. The molecule has 0 saturated heterocycles. The summed E-state index contributed by atoms with van der Waals surface area (Å²) in [6, 6.07) is 22.0. The van der Waals surface area contributed by atoms with E-state index in [0.717, 1.165) is 22.8 Å². The van der Waals surface area contributed by atoms with Crippen molar-refractivity contribution in [1.82, 2.24) is 0 Å². The van der Waals surface area contributed by atoms with Crippen LogP contribution in [0.15, 0.2) is 71.7 Å². The van der Waals surface area contributed by atoms with Gasteiger partial charge < -0.3 is 5.11 Å². The predicted octanol–water partition coefficient (Wildman–Crippen LogP) is 4.21. The summed E-state index contributed by atoms with van der Waals surface area (Å²) in [5, 5.41) is 12.2. The van der Waals surface area contributed by atoms with Gasteiger partial charge in [-0.2, -0.15) is 0 Å². The molecular weight excluding hydrogens is 258 g/mol. The molecule has 0 amide bonds. The van der Waals surface area contributed by atoms with Gasteiger partial charge in [-0.1, -0.05) is 60.7 Å². The zero-order valence-corrected chi connectivity index (χ0v) is 11.7. The number of aromatic hydroxyl groups is 1. The molecule has 0 saturated carbocycles. The van der Waals surface area contributed by atoms with E-state index in [1.165, 1.54) is 5.56 Å². The first-order chi connectivity index (χ1) is 10.3. The lowest BCUT2D eigenvalue weighted by Gasteiger charge is -2.04. The van der Waals surface area contributed by atoms with Crippen molar-refractivity contribution in [3.05, 3.63) is 77.9 Å². The predicted molar refractivity (Wildman–Crippen MR) is 88.2 cm³/mol. The molecule has 3 aromatic carbocycles. The normalized spacial score (nSPS) is 11.2. The first kappa shape index (κ1) is 13.4. The van der Waals surface area contributed by atoms with Gasteiger partial charge in [-0.05, 0) is 28.8 Å². The van der Waals surface area contributed by atoms with E-state index < -0.39 is 0 Å². The van der Waals surface area contributed by atoms with Gasteiger partial charge in [0.1, 0.15) is 5.75 Å². The highest BCUT2D eigenvalue weighted by Gasteiger charge is 2.03. The Morgan fingerprint density at radius 2 is 1.62 bits per heavy atom.